The van der Waals surface area contributed by atoms with Crippen molar-refractivity contribution in [3.8, 4) is 0 Å². The van der Waals surface area contributed by atoms with E-state index in [0.29, 0.717) is 0 Å². The maximum Gasteiger partial charge on any atom is 0.325 e. The number of rotatable bonds is 6. The van der Waals surface area contributed by atoms with E-state index in [2.05, 4.69) is 13.6 Å². The SMILES string of the molecule is CC(C)OP(C)(=O)O.CC(C)OP(C)(=O)O.CC(C)OP(C)(=O)O.[Gd]. The van der Waals surface area contributed by atoms with E-state index in [1.54, 1.807) is 41.5 Å². The minimum atomic E-state index is -3.22. The second-order valence-corrected chi connectivity index (χ2v) is 11.3. The molecule has 0 saturated carbocycles. The molecule has 158 valence electrons. The smallest absolute Gasteiger partial charge is 0.324 e. The number of hydrogen-bond donors (Lipinski definition) is 3. The topological polar surface area (TPSA) is 140 Å². The van der Waals surface area contributed by atoms with E-state index < -0.39 is 22.8 Å². The van der Waals surface area contributed by atoms with E-state index in [-0.39, 0.29) is 58.3 Å². The molecule has 25 heavy (non-hydrogen) atoms. The third kappa shape index (κ3) is 51.8. The van der Waals surface area contributed by atoms with E-state index in [0.717, 1.165) is 0 Å². The molecule has 3 N–H and O–H groups in total. The van der Waals surface area contributed by atoms with Gasteiger partial charge in [-0.2, -0.15) is 0 Å². The second-order valence-electron chi connectivity index (χ2n) is 5.87. The Morgan fingerprint density at radius 2 is 0.680 bits per heavy atom. The van der Waals surface area contributed by atoms with E-state index in [1.807, 2.05) is 0 Å². The molecule has 0 aliphatic rings. The van der Waals surface area contributed by atoms with Gasteiger partial charge in [0.05, 0.1) is 18.3 Å². The van der Waals surface area contributed by atoms with Crippen molar-refractivity contribution in [1.82, 2.24) is 0 Å². The molecule has 0 aromatic heterocycles. The number of hydrogen-bond acceptors (Lipinski definition) is 6. The van der Waals surface area contributed by atoms with Crippen LogP contribution in [0.15, 0.2) is 0 Å². The van der Waals surface area contributed by atoms with Gasteiger partial charge in [-0.05, 0) is 41.5 Å². The van der Waals surface area contributed by atoms with Crippen molar-refractivity contribution in [2.24, 2.45) is 0 Å². The Morgan fingerprint density at radius 3 is 0.680 bits per heavy atom. The zero-order valence-corrected chi connectivity index (χ0v) is 21.2. The molecule has 0 fully saturated rings. The molecule has 0 radical (unpaired) electrons. The molecule has 3 atom stereocenters. The molecule has 9 nitrogen and oxygen atoms in total. The van der Waals surface area contributed by atoms with Crippen LogP contribution in [0.2, 0.25) is 0 Å². The Bertz CT molecular complexity index is 384. The fourth-order valence-corrected chi connectivity index (χ4v) is 3.52. The second kappa shape index (κ2) is 15.7. The third-order valence-electron chi connectivity index (χ3n) is 1.22. The minimum Gasteiger partial charge on any atom is -0.324 e. The van der Waals surface area contributed by atoms with Crippen LogP contribution in [0, 0.1) is 39.9 Å². The Hall–Kier alpha value is 1.77. The first-order chi connectivity index (χ1) is 10.2. The van der Waals surface area contributed by atoms with Crippen LogP contribution in [-0.4, -0.2) is 53.0 Å². The molecule has 0 spiro atoms. The van der Waals surface area contributed by atoms with Crippen molar-refractivity contribution >= 4 is 22.8 Å². The van der Waals surface area contributed by atoms with Crippen LogP contribution in [-0.2, 0) is 27.3 Å². The Labute approximate surface area is 183 Å². The van der Waals surface area contributed by atoms with Crippen LogP contribution in [0.4, 0.5) is 0 Å². The molecular weight excluding hydrogens is 538 g/mol. The van der Waals surface area contributed by atoms with Crippen molar-refractivity contribution in [2.45, 2.75) is 59.9 Å². The van der Waals surface area contributed by atoms with Crippen molar-refractivity contribution in [1.29, 1.82) is 0 Å². The Balaban J connectivity index is -0.000000130. The van der Waals surface area contributed by atoms with Gasteiger partial charge in [0.1, 0.15) is 0 Å². The minimum absolute atomic E-state index is 0. The molecule has 0 aromatic carbocycles. The predicted octanol–water partition coefficient (Wildman–Crippen LogP) is 3.68. The van der Waals surface area contributed by atoms with Gasteiger partial charge in [-0.1, -0.05) is 0 Å². The summed E-state index contributed by atoms with van der Waals surface area (Å²) >= 11 is 0. The van der Waals surface area contributed by atoms with E-state index in [1.165, 1.54) is 20.0 Å². The van der Waals surface area contributed by atoms with Gasteiger partial charge in [0, 0.05) is 59.9 Å². The summed E-state index contributed by atoms with van der Waals surface area (Å²) in [4.78, 5) is 25.6. The standard InChI is InChI=1S/3C4H11O3P.Gd/c3*1-4(2)7-8(3,5)6;/h3*4H,1-3H3,(H,5,6);. The molecule has 0 aliphatic heterocycles. The van der Waals surface area contributed by atoms with E-state index in [9.17, 15) is 13.7 Å². The first-order valence-corrected chi connectivity index (χ1v) is 13.3. The average Bonchev–Trinajstić information content (AvgIpc) is 2.04. The fraction of sp³-hybridized carbons (Fsp3) is 1.00. The first kappa shape index (κ1) is 34.3. The molecule has 0 aromatic rings. The van der Waals surface area contributed by atoms with Crippen molar-refractivity contribution < 1.29 is 81.9 Å². The molecule has 13 heteroatoms. The van der Waals surface area contributed by atoms with Crippen LogP contribution < -0.4 is 0 Å². The molecule has 0 amide bonds. The first-order valence-electron chi connectivity index (χ1n) is 7.21. The van der Waals surface area contributed by atoms with E-state index >= 15 is 0 Å². The molecular formula is C12H33GdO9P3. The molecule has 0 aliphatic carbocycles. The maximum atomic E-state index is 10.4. The zero-order valence-electron chi connectivity index (χ0n) is 16.2. The molecule has 0 rings (SSSR count). The van der Waals surface area contributed by atoms with Crippen LogP contribution in [0.5, 0.6) is 0 Å². The molecule has 0 bridgehead atoms. The summed E-state index contributed by atoms with van der Waals surface area (Å²) in [6.45, 7) is 13.8. The van der Waals surface area contributed by atoms with Gasteiger partial charge < -0.3 is 28.3 Å². The largest absolute Gasteiger partial charge is 0.325 e. The van der Waals surface area contributed by atoms with Crippen LogP contribution in [0.1, 0.15) is 41.5 Å². The predicted molar refractivity (Wildman–Crippen MR) is 95.9 cm³/mol. The van der Waals surface area contributed by atoms with Crippen LogP contribution >= 0.6 is 22.8 Å². The van der Waals surface area contributed by atoms with Gasteiger partial charge in [-0.15, -0.1) is 0 Å². The summed E-state index contributed by atoms with van der Waals surface area (Å²) < 4.78 is 44.7. The van der Waals surface area contributed by atoms with Gasteiger partial charge >= 0.3 is 22.8 Å². The summed E-state index contributed by atoms with van der Waals surface area (Å²) in [6, 6.07) is 0. The van der Waals surface area contributed by atoms with Crippen LogP contribution in [0.3, 0.4) is 0 Å². The summed E-state index contributed by atoms with van der Waals surface area (Å²) in [5.41, 5.74) is 0. The van der Waals surface area contributed by atoms with Gasteiger partial charge in [0.25, 0.3) is 0 Å². The van der Waals surface area contributed by atoms with Crippen molar-refractivity contribution in [3.05, 3.63) is 0 Å². The van der Waals surface area contributed by atoms with Gasteiger partial charge in [0.2, 0.25) is 0 Å². The Kier molecular flexibility index (Phi) is 21.5. The molecule has 0 heterocycles. The van der Waals surface area contributed by atoms with Crippen LogP contribution in [0.25, 0.3) is 0 Å². The normalized spacial score (nSPS) is 17.9. The van der Waals surface area contributed by atoms with Crippen molar-refractivity contribution in [2.75, 3.05) is 20.0 Å². The quantitative estimate of drug-likeness (QED) is 0.408. The summed E-state index contributed by atoms with van der Waals surface area (Å²) in [6.07, 6.45) is -0.512. The van der Waals surface area contributed by atoms with Gasteiger partial charge in [0.15, 0.2) is 0 Å². The third-order valence-corrected chi connectivity index (χ3v) is 3.66. The van der Waals surface area contributed by atoms with Crippen molar-refractivity contribution in [3.63, 3.8) is 0 Å². The van der Waals surface area contributed by atoms with Gasteiger partial charge in [-0.3, -0.25) is 13.7 Å². The monoisotopic (exact) mass is 572 g/mol. The molecule has 0 saturated heterocycles. The summed E-state index contributed by atoms with van der Waals surface area (Å²) in [7, 11) is -9.67. The zero-order chi connectivity index (χ0) is 20.4. The maximum absolute atomic E-state index is 10.4. The fourth-order valence-electron chi connectivity index (χ4n) is 1.17. The molecule has 3 unspecified atom stereocenters. The van der Waals surface area contributed by atoms with E-state index in [4.69, 9.17) is 14.7 Å². The summed E-state index contributed by atoms with van der Waals surface area (Å²) in [5.74, 6) is 0. The average molecular weight is 572 g/mol. The Morgan fingerprint density at radius 1 is 0.560 bits per heavy atom. The van der Waals surface area contributed by atoms with Gasteiger partial charge in [-0.25, -0.2) is 0 Å². The summed E-state index contributed by atoms with van der Waals surface area (Å²) in [5, 5.41) is 0.